The number of pyridine rings is 1. The van der Waals surface area contributed by atoms with Crippen LogP contribution < -0.4 is 15.8 Å². The highest BCUT2D eigenvalue weighted by molar-refractivity contribution is 5.99. The predicted octanol–water partition coefficient (Wildman–Crippen LogP) is 4.17. The number of aromatic nitrogens is 1. The van der Waals surface area contributed by atoms with E-state index in [-0.39, 0.29) is 30.1 Å². The molecule has 5 rings (SSSR count). The Morgan fingerprint density at radius 1 is 1.24 bits per heavy atom. The number of halogens is 2. The number of carbonyl (C=O) groups is 2. The normalized spacial score (nSPS) is 28.6. The van der Waals surface area contributed by atoms with Crippen LogP contribution in [0.4, 0.5) is 8.78 Å². The van der Waals surface area contributed by atoms with E-state index >= 15 is 0 Å². The Labute approximate surface area is 220 Å². The summed E-state index contributed by atoms with van der Waals surface area (Å²) < 4.78 is 34.3. The predicted molar refractivity (Wildman–Crippen MR) is 137 cm³/mol. The van der Waals surface area contributed by atoms with Crippen molar-refractivity contribution < 1.29 is 23.1 Å². The van der Waals surface area contributed by atoms with Crippen LogP contribution >= 0.6 is 0 Å². The molecule has 3 heterocycles. The average Bonchev–Trinajstić information content (AvgIpc) is 3.62. The van der Waals surface area contributed by atoms with Crippen LogP contribution in [0.1, 0.15) is 76.6 Å². The summed E-state index contributed by atoms with van der Waals surface area (Å²) in [6.45, 7) is 7.65. The number of nitrogens with zero attached hydrogens (tertiary/aromatic N) is 3. The number of benzene rings is 1. The Hall–Kier alpha value is -3.56. The molecule has 8 nitrogen and oxygen atoms in total. The minimum atomic E-state index is -0.692. The lowest BCUT2D eigenvalue weighted by molar-refractivity contribution is -0.132. The van der Waals surface area contributed by atoms with Gasteiger partial charge in [-0.15, -0.1) is 0 Å². The monoisotopic (exact) mass is 525 g/mol. The first kappa shape index (κ1) is 26.1. The number of rotatable bonds is 6. The van der Waals surface area contributed by atoms with E-state index < -0.39 is 40.8 Å². The molecular weight excluding hydrogens is 492 g/mol. The topological polar surface area (TPSA) is 110 Å². The molecule has 10 heteroatoms. The van der Waals surface area contributed by atoms with Gasteiger partial charge < -0.3 is 15.8 Å². The summed E-state index contributed by atoms with van der Waals surface area (Å²) in [5, 5.41) is 3.07. The molecule has 0 saturated heterocycles. The summed E-state index contributed by atoms with van der Waals surface area (Å²) in [6.07, 6.45) is 4.31. The van der Waals surface area contributed by atoms with Crippen LogP contribution in [-0.2, 0) is 9.59 Å². The second-order valence-electron chi connectivity index (χ2n) is 11.5. The lowest BCUT2D eigenvalue weighted by Gasteiger charge is -2.39. The Kier molecular flexibility index (Phi) is 6.39. The number of nitrogens with two attached hydrogens (primary N) is 1. The summed E-state index contributed by atoms with van der Waals surface area (Å²) in [5.74, 6) is -1.58. The number of fused-ring (bicyclic) bond motifs is 1. The average molecular weight is 526 g/mol. The van der Waals surface area contributed by atoms with Crippen LogP contribution in [0.3, 0.4) is 0 Å². The molecule has 0 spiro atoms. The van der Waals surface area contributed by atoms with Crippen LogP contribution in [0.2, 0.25) is 0 Å². The fourth-order valence-corrected chi connectivity index (χ4v) is 5.69. The second kappa shape index (κ2) is 9.32. The van der Waals surface area contributed by atoms with Gasteiger partial charge in [0, 0.05) is 24.1 Å². The van der Waals surface area contributed by atoms with Crippen molar-refractivity contribution in [1.29, 1.82) is 0 Å². The largest absolute Gasteiger partial charge is 0.487 e. The molecule has 0 radical (unpaired) electrons. The Morgan fingerprint density at radius 2 is 2.00 bits per heavy atom. The summed E-state index contributed by atoms with van der Waals surface area (Å²) in [6, 6.07) is 4.47. The third kappa shape index (κ3) is 4.96. The van der Waals surface area contributed by atoms with Gasteiger partial charge in [0.2, 0.25) is 11.8 Å². The van der Waals surface area contributed by atoms with Crippen LogP contribution in [0.5, 0.6) is 5.75 Å². The number of hydrogen-bond donors (Lipinski definition) is 2. The van der Waals surface area contributed by atoms with E-state index in [2.05, 4.69) is 15.3 Å². The van der Waals surface area contributed by atoms with Gasteiger partial charge >= 0.3 is 0 Å². The first-order valence-electron chi connectivity index (χ1n) is 13.0. The van der Waals surface area contributed by atoms with E-state index in [0.29, 0.717) is 36.1 Å². The lowest BCUT2D eigenvalue weighted by Crippen LogP contribution is -2.52. The molecule has 1 aromatic heterocycles. The number of carbonyl (C=O) groups excluding carboxylic acids is 2. The highest BCUT2D eigenvalue weighted by Gasteiger charge is 2.53. The van der Waals surface area contributed by atoms with Crippen molar-refractivity contribution in [3.05, 3.63) is 59.4 Å². The zero-order chi connectivity index (χ0) is 27.4. The van der Waals surface area contributed by atoms with Crippen LogP contribution in [0.15, 0.2) is 41.7 Å². The summed E-state index contributed by atoms with van der Waals surface area (Å²) in [7, 11) is 0. The molecule has 2 aliphatic heterocycles. The number of aliphatic imine (C=N–C) groups is 1. The molecule has 2 aromatic rings. The van der Waals surface area contributed by atoms with Crippen molar-refractivity contribution in [2.75, 3.05) is 0 Å². The quantitative estimate of drug-likeness (QED) is 0.588. The number of nitrogens with one attached hydrogen (secondary N) is 1. The van der Waals surface area contributed by atoms with Gasteiger partial charge in [-0.3, -0.25) is 19.5 Å². The SMILES string of the molecule is CC[C@]1(C)CC(=O)N(C(c2cncc(F)c2)C2C[C@H]2C(=O)N[C@H]2CC(C)(C)Oc3ccc(F)cc32)C(N)=N1. The zero-order valence-corrected chi connectivity index (χ0v) is 22.0. The third-order valence-corrected chi connectivity index (χ3v) is 7.87. The first-order valence-corrected chi connectivity index (χ1v) is 13.0. The van der Waals surface area contributed by atoms with Crippen LogP contribution in [-0.4, -0.2) is 38.8 Å². The molecule has 1 fully saturated rings. The van der Waals surface area contributed by atoms with Crippen molar-refractivity contribution in [3.8, 4) is 5.75 Å². The lowest BCUT2D eigenvalue weighted by atomic mass is 9.89. The van der Waals surface area contributed by atoms with Gasteiger partial charge in [-0.25, -0.2) is 13.8 Å². The number of guanidine groups is 1. The Balaban J connectivity index is 1.42. The highest BCUT2D eigenvalue weighted by atomic mass is 19.1. The third-order valence-electron chi connectivity index (χ3n) is 7.87. The van der Waals surface area contributed by atoms with E-state index in [4.69, 9.17) is 10.5 Å². The fourth-order valence-electron chi connectivity index (χ4n) is 5.69. The molecule has 2 amide bonds. The van der Waals surface area contributed by atoms with Gasteiger partial charge in [-0.05, 0) is 69.4 Å². The van der Waals surface area contributed by atoms with Crippen molar-refractivity contribution >= 4 is 17.8 Å². The smallest absolute Gasteiger partial charge is 0.232 e. The molecule has 2 unspecified atom stereocenters. The van der Waals surface area contributed by atoms with Gasteiger partial charge in [-0.2, -0.15) is 0 Å². The Morgan fingerprint density at radius 3 is 2.68 bits per heavy atom. The maximum absolute atomic E-state index is 14.2. The van der Waals surface area contributed by atoms with Crippen LogP contribution in [0, 0.1) is 23.5 Å². The second-order valence-corrected chi connectivity index (χ2v) is 11.5. The molecular formula is C28H33F2N5O3. The van der Waals surface area contributed by atoms with Gasteiger partial charge in [0.15, 0.2) is 5.96 Å². The van der Waals surface area contributed by atoms with Gasteiger partial charge in [0.25, 0.3) is 0 Å². The molecule has 5 atom stereocenters. The number of hydrogen-bond acceptors (Lipinski definition) is 6. The molecule has 3 aliphatic rings. The highest BCUT2D eigenvalue weighted by Crippen LogP contribution is 2.52. The number of amides is 2. The minimum Gasteiger partial charge on any atom is -0.487 e. The van der Waals surface area contributed by atoms with E-state index in [0.717, 1.165) is 6.20 Å². The van der Waals surface area contributed by atoms with E-state index in [1.165, 1.54) is 29.3 Å². The fraction of sp³-hybridized carbons (Fsp3) is 0.500. The first-order chi connectivity index (χ1) is 17.9. The summed E-state index contributed by atoms with van der Waals surface area (Å²) in [5.41, 5.74) is 6.20. The van der Waals surface area contributed by atoms with E-state index in [1.54, 1.807) is 6.07 Å². The minimum absolute atomic E-state index is 0.0569. The molecule has 202 valence electrons. The van der Waals surface area contributed by atoms with E-state index in [1.807, 2.05) is 27.7 Å². The summed E-state index contributed by atoms with van der Waals surface area (Å²) >= 11 is 0. The van der Waals surface area contributed by atoms with Crippen molar-refractivity contribution in [2.24, 2.45) is 22.6 Å². The van der Waals surface area contributed by atoms with Gasteiger partial charge in [-0.1, -0.05) is 6.92 Å². The molecule has 1 aromatic carbocycles. The molecule has 3 N–H and O–H groups in total. The maximum atomic E-state index is 14.2. The van der Waals surface area contributed by atoms with Crippen molar-refractivity contribution in [3.63, 3.8) is 0 Å². The molecule has 1 aliphatic carbocycles. The van der Waals surface area contributed by atoms with Gasteiger partial charge in [0.05, 0.1) is 30.2 Å². The number of ether oxygens (including phenoxy) is 1. The van der Waals surface area contributed by atoms with Gasteiger partial charge in [0.1, 0.15) is 23.0 Å². The maximum Gasteiger partial charge on any atom is 0.232 e. The van der Waals surface area contributed by atoms with Crippen LogP contribution in [0.25, 0.3) is 0 Å². The standard InChI is InChI=1S/C28H33F2N5O3/c1-5-28(4)12-23(36)35(26(31)34-28)24(15-8-17(30)14-32-13-15)18-10-19(18)25(37)33-21-11-27(2,3)38-22-7-6-16(29)9-20(21)22/h6-9,13-14,18-19,21,24H,5,10-12H2,1-4H3,(H2,31,34)(H,33,37)/t18?,19-,21+,24?,28-/m1/s1. The molecule has 1 saturated carbocycles. The van der Waals surface area contributed by atoms with Crippen molar-refractivity contribution in [1.82, 2.24) is 15.2 Å². The zero-order valence-electron chi connectivity index (χ0n) is 22.0. The molecule has 38 heavy (non-hydrogen) atoms. The van der Waals surface area contributed by atoms with E-state index in [9.17, 15) is 18.4 Å². The molecule has 0 bridgehead atoms. The summed E-state index contributed by atoms with van der Waals surface area (Å²) in [4.78, 5) is 36.8. The Bertz CT molecular complexity index is 1320. The van der Waals surface area contributed by atoms with Crippen molar-refractivity contribution in [2.45, 2.75) is 76.6 Å².